The molecule has 0 spiro atoms. The molecule has 0 radical (unpaired) electrons. The zero-order valence-corrected chi connectivity index (χ0v) is 11.0. The van der Waals surface area contributed by atoms with Gasteiger partial charge in [0, 0.05) is 16.3 Å². The Morgan fingerprint density at radius 1 is 1.06 bits per heavy atom. The van der Waals surface area contributed by atoms with Gasteiger partial charge in [-0.25, -0.2) is 9.97 Å². The van der Waals surface area contributed by atoms with E-state index in [0.717, 1.165) is 16.8 Å². The van der Waals surface area contributed by atoms with Crippen LogP contribution < -0.4 is 0 Å². The number of rotatable bonds is 1. The SMILES string of the molecule is Cc1ccc2[nH]c(-c3cc(Cl)ccc3Cl)nc2n1. The van der Waals surface area contributed by atoms with E-state index < -0.39 is 0 Å². The Kier molecular flexibility index (Phi) is 2.73. The quantitative estimate of drug-likeness (QED) is 0.723. The zero-order valence-electron chi connectivity index (χ0n) is 9.54. The molecular weight excluding hydrogens is 269 g/mol. The highest BCUT2D eigenvalue weighted by Gasteiger charge is 2.10. The topological polar surface area (TPSA) is 41.6 Å². The molecule has 0 saturated carbocycles. The summed E-state index contributed by atoms with van der Waals surface area (Å²) in [6.07, 6.45) is 0. The van der Waals surface area contributed by atoms with Gasteiger partial charge in [0.15, 0.2) is 5.65 Å². The first-order valence-electron chi connectivity index (χ1n) is 5.42. The molecule has 18 heavy (non-hydrogen) atoms. The molecule has 90 valence electrons. The van der Waals surface area contributed by atoms with Gasteiger partial charge in [-0.05, 0) is 37.3 Å². The molecule has 0 aliphatic carbocycles. The van der Waals surface area contributed by atoms with Crippen LogP contribution in [-0.2, 0) is 0 Å². The van der Waals surface area contributed by atoms with Crippen molar-refractivity contribution in [1.82, 2.24) is 15.0 Å². The van der Waals surface area contributed by atoms with Crippen molar-refractivity contribution in [2.75, 3.05) is 0 Å². The molecular formula is C13H9Cl2N3. The minimum atomic E-state index is 0.607. The smallest absolute Gasteiger partial charge is 0.178 e. The van der Waals surface area contributed by atoms with E-state index in [1.165, 1.54) is 0 Å². The van der Waals surface area contributed by atoms with Gasteiger partial charge in [-0.1, -0.05) is 23.2 Å². The van der Waals surface area contributed by atoms with E-state index >= 15 is 0 Å². The number of fused-ring (bicyclic) bond motifs is 1. The molecule has 0 amide bonds. The minimum Gasteiger partial charge on any atom is -0.337 e. The number of aromatic amines is 1. The van der Waals surface area contributed by atoms with E-state index in [4.69, 9.17) is 23.2 Å². The lowest BCUT2D eigenvalue weighted by atomic mass is 10.2. The number of halogens is 2. The summed E-state index contributed by atoms with van der Waals surface area (Å²) in [6.45, 7) is 1.93. The Hall–Kier alpha value is -1.58. The summed E-state index contributed by atoms with van der Waals surface area (Å²) in [5.74, 6) is 0.676. The molecule has 5 heteroatoms. The van der Waals surface area contributed by atoms with Crippen LogP contribution in [0.2, 0.25) is 10.0 Å². The van der Waals surface area contributed by atoms with Crippen molar-refractivity contribution < 1.29 is 0 Å². The molecule has 3 nitrogen and oxygen atoms in total. The van der Waals surface area contributed by atoms with Crippen LogP contribution in [0.4, 0.5) is 0 Å². The molecule has 0 aliphatic rings. The van der Waals surface area contributed by atoms with Crippen LogP contribution >= 0.6 is 23.2 Å². The van der Waals surface area contributed by atoms with Crippen molar-refractivity contribution >= 4 is 34.4 Å². The summed E-state index contributed by atoms with van der Waals surface area (Å²) in [5, 5.41) is 1.23. The molecule has 0 fully saturated rings. The number of benzene rings is 1. The van der Waals surface area contributed by atoms with Gasteiger partial charge in [0.05, 0.1) is 10.5 Å². The predicted octanol–water partition coefficient (Wildman–Crippen LogP) is 4.24. The number of aromatic nitrogens is 3. The van der Waals surface area contributed by atoms with Crippen molar-refractivity contribution in [3.8, 4) is 11.4 Å². The first kappa shape index (κ1) is 11.5. The number of hydrogen-bond acceptors (Lipinski definition) is 2. The maximum Gasteiger partial charge on any atom is 0.178 e. The van der Waals surface area contributed by atoms with E-state index in [1.54, 1.807) is 18.2 Å². The fourth-order valence-electron chi connectivity index (χ4n) is 1.79. The summed E-state index contributed by atoms with van der Waals surface area (Å²) < 4.78 is 0. The zero-order chi connectivity index (χ0) is 12.7. The van der Waals surface area contributed by atoms with Crippen LogP contribution in [0.5, 0.6) is 0 Å². The van der Waals surface area contributed by atoms with Gasteiger partial charge in [-0.2, -0.15) is 0 Å². The summed E-state index contributed by atoms with van der Waals surface area (Å²) in [5.41, 5.74) is 3.27. The third-order valence-corrected chi connectivity index (χ3v) is 3.23. The number of pyridine rings is 1. The van der Waals surface area contributed by atoms with Gasteiger partial charge in [0.25, 0.3) is 0 Å². The second kappa shape index (κ2) is 4.26. The third kappa shape index (κ3) is 1.96. The van der Waals surface area contributed by atoms with Gasteiger partial charge in [-0.15, -0.1) is 0 Å². The highest BCUT2D eigenvalue weighted by molar-refractivity contribution is 6.35. The van der Waals surface area contributed by atoms with Gasteiger partial charge in [-0.3, -0.25) is 0 Å². The number of nitrogens with one attached hydrogen (secondary N) is 1. The van der Waals surface area contributed by atoms with E-state index in [0.29, 0.717) is 21.5 Å². The molecule has 2 aromatic heterocycles. The van der Waals surface area contributed by atoms with Crippen LogP contribution in [-0.4, -0.2) is 15.0 Å². The van der Waals surface area contributed by atoms with Crippen molar-refractivity contribution in [3.05, 3.63) is 46.1 Å². The lowest BCUT2D eigenvalue weighted by Crippen LogP contribution is -1.82. The van der Waals surface area contributed by atoms with Crippen molar-refractivity contribution in [1.29, 1.82) is 0 Å². The van der Waals surface area contributed by atoms with E-state index in [1.807, 2.05) is 19.1 Å². The molecule has 1 aromatic carbocycles. The van der Waals surface area contributed by atoms with Crippen LogP contribution in [0, 0.1) is 6.92 Å². The Morgan fingerprint density at radius 3 is 2.72 bits per heavy atom. The average molecular weight is 278 g/mol. The Bertz CT molecular complexity index is 734. The van der Waals surface area contributed by atoms with Gasteiger partial charge in [0.2, 0.25) is 0 Å². The Labute approximate surface area is 114 Å². The number of imidazole rings is 1. The molecule has 0 bridgehead atoms. The van der Waals surface area contributed by atoms with E-state index in [9.17, 15) is 0 Å². The maximum atomic E-state index is 6.15. The number of nitrogens with zero attached hydrogens (tertiary/aromatic N) is 2. The molecule has 3 rings (SSSR count). The average Bonchev–Trinajstić information content (AvgIpc) is 2.74. The first-order chi connectivity index (χ1) is 8.63. The Balaban J connectivity index is 2.22. The second-order valence-electron chi connectivity index (χ2n) is 4.03. The molecule has 2 heterocycles. The molecule has 0 unspecified atom stereocenters. The standard InChI is InChI=1S/C13H9Cl2N3/c1-7-2-5-11-13(16-7)18-12(17-11)9-6-8(14)3-4-10(9)15/h2-6H,1H3,(H,16,17,18). The summed E-state index contributed by atoms with van der Waals surface area (Å²) in [6, 6.07) is 9.18. The molecule has 3 aromatic rings. The van der Waals surface area contributed by atoms with Crippen molar-refractivity contribution in [2.24, 2.45) is 0 Å². The van der Waals surface area contributed by atoms with Crippen molar-refractivity contribution in [3.63, 3.8) is 0 Å². The molecule has 0 aliphatic heterocycles. The maximum absolute atomic E-state index is 6.15. The monoisotopic (exact) mass is 277 g/mol. The lowest BCUT2D eigenvalue weighted by Gasteiger charge is -2.00. The van der Waals surface area contributed by atoms with E-state index in [-0.39, 0.29) is 0 Å². The highest BCUT2D eigenvalue weighted by atomic mass is 35.5. The Morgan fingerprint density at radius 2 is 1.89 bits per heavy atom. The number of H-pyrrole nitrogens is 1. The third-order valence-electron chi connectivity index (χ3n) is 2.67. The minimum absolute atomic E-state index is 0.607. The molecule has 1 N–H and O–H groups in total. The summed E-state index contributed by atoms with van der Waals surface area (Å²) in [4.78, 5) is 12.0. The normalized spacial score (nSPS) is 11.1. The van der Waals surface area contributed by atoms with Crippen LogP contribution in [0.25, 0.3) is 22.6 Å². The number of aryl methyl sites for hydroxylation is 1. The van der Waals surface area contributed by atoms with Crippen molar-refractivity contribution in [2.45, 2.75) is 6.92 Å². The summed E-state index contributed by atoms with van der Waals surface area (Å²) in [7, 11) is 0. The van der Waals surface area contributed by atoms with Crippen LogP contribution in [0.15, 0.2) is 30.3 Å². The number of hydrogen-bond donors (Lipinski definition) is 1. The van der Waals surface area contributed by atoms with Gasteiger partial charge >= 0.3 is 0 Å². The first-order valence-corrected chi connectivity index (χ1v) is 6.18. The lowest BCUT2D eigenvalue weighted by molar-refractivity contribution is 1.22. The van der Waals surface area contributed by atoms with Crippen LogP contribution in [0.1, 0.15) is 5.69 Å². The predicted molar refractivity (Wildman–Crippen MR) is 74.1 cm³/mol. The van der Waals surface area contributed by atoms with Crippen LogP contribution in [0.3, 0.4) is 0 Å². The van der Waals surface area contributed by atoms with Gasteiger partial charge < -0.3 is 4.98 Å². The molecule has 0 saturated heterocycles. The highest BCUT2D eigenvalue weighted by Crippen LogP contribution is 2.29. The fraction of sp³-hybridized carbons (Fsp3) is 0.0769. The fourth-order valence-corrected chi connectivity index (χ4v) is 2.17. The van der Waals surface area contributed by atoms with Gasteiger partial charge in [0.1, 0.15) is 5.82 Å². The van der Waals surface area contributed by atoms with E-state index in [2.05, 4.69) is 15.0 Å². The largest absolute Gasteiger partial charge is 0.337 e. The second-order valence-corrected chi connectivity index (χ2v) is 4.88. The summed E-state index contributed by atoms with van der Waals surface area (Å²) >= 11 is 12.1. The molecule has 0 atom stereocenters.